The molecule has 0 bridgehead atoms. The zero-order chi connectivity index (χ0) is 17.3. The first-order valence-electron chi connectivity index (χ1n) is 6.68. The van der Waals surface area contributed by atoms with E-state index in [4.69, 9.17) is 23.2 Å². The molecule has 1 heterocycles. The number of aromatic hydroxyl groups is 2. The second-order valence-electron chi connectivity index (χ2n) is 4.83. The van der Waals surface area contributed by atoms with Crippen molar-refractivity contribution in [1.29, 1.82) is 0 Å². The van der Waals surface area contributed by atoms with Gasteiger partial charge in [0.15, 0.2) is 11.5 Å². The minimum atomic E-state index is -0.448. The van der Waals surface area contributed by atoms with Gasteiger partial charge >= 0.3 is 0 Å². The SMILES string of the molecule is O=C(N/N=C/c1ccc(O)c(O)c1)c1sc2cc(Cl)ccc2c1Cl. The third kappa shape index (κ3) is 3.31. The number of phenolic OH excluding ortho intramolecular Hbond substituents is 2. The van der Waals surface area contributed by atoms with Crippen molar-refractivity contribution < 1.29 is 15.0 Å². The normalized spacial score (nSPS) is 11.2. The summed E-state index contributed by atoms with van der Waals surface area (Å²) in [5, 5.41) is 24.1. The standard InChI is InChI=1S/C16H10Cl2N2O3S/c17-9-2-3-10-13(6-9)24-15(14(10)18)16(23)20-19-7-8-1-4-11(21)12(22)5-8/h1-7,21-22H,(H,20,23)/b19-7+. The molecule has 3 N–H and O–H groups in total. The van der Waals surface area contributed by atoms with Gasteiger partial charge in [-0.2, -0.15) is 5.10 Å². The molecule has 0 saturated carbocycles. The van der Waals surface area contributed by atoms with E-state index in [0.29, 0.717) is 20.5 Å². The summed E-state index contributed by atoms with van der Waals surface area (Å²) in [6.45, 7) is 0. The molecule has 3 aromatic rings. The maximum Gasteiger partial charge on any atom is 0.283 e. The number of carbonyl (C=O) groups is 1. The second-order valence-corrected chi connectivity index (χ2v) is 6.70. The molecule has 1 aromatic heterocycles. The Hall–Kier alpha value is -2.28. The second kappa shape index (κ2) is 6.68. The van der Waals surface area contributed by atoms with Crippen LogP contribution in [0.3, 0.4) is 0 Å². The topological polar surface area (TPSA) is 81.9 Å². The Morgan fingerprint density at radius 2 is 1.92 bits per heavy atom. The predicted octanol–water partition coefficient (Wildman–Crippen LogP) is 4.38. The highest BCUT2D eigenvalue weighted by Crippen LogP contribution is 2.36. The van der Waals surface area contributed by atoms with E-state index in [0.717, 1.165) is 10.1 Å². The fourth-order valence-electron chi connectivity index (χ4n) is 2.02. The minimum absolute atomic E-state index is 0.230. The van der Waals surface area contributed by atoms with Crippen LogP contribution < -0.4 is 5.43 Å². The average molecular weight is 381 g/mol. The molecule has 1 amide bonds. The first-order chi connectivity index (χ1) is 11.5. The van der Waals surface area contributed by atoms with Crippen LogP contribution in [0.2, 0.25) is 10.0 Å². The highest BCUT2D eigenvalue weighted by molar-refractivity contribution is 7.21. The summed E-state index contributed by atoms with van der Waals surface area (Å²) in [5.41, 5.74) is 2.89. The van der Waals surface area contributed by atoms with Gasteiger partial charge in [0.1, 0.15) is 4.88 Å². The van der Waals surface area contributed by atoms with Crippen molar-refractivity contribution in [1.82, 2.24) is 5.43 Å². The van der Waals surface area contributed by atoms with Crippen LogP contribution in [0.15, 0.2) is 41.5 Å². The number of hydrogen-bond donors (Lipinski definition) is 3. The average Bonchev–Trinajstić information content (AvgIpc) is 2.87. The van der Waals surface area contributed by atoms with Gasteiger partial charge in [-0.05, 0) is 35.9 Å². The Balaban J connectivity index is 1.78. The van der Waals surface area contributed by atoms with Crippen LogP contribution in [0.25, 0.3) is 10.1 Å². The lowest BCUT2D eigenvalue weighted by Crippen LogP contribution is -2.16. The van der Waals surface area contributed by atoms with Crippen molar-refractivity contribution in [2.75, 3.05) is 0 Å². The summed E-state index contributed by atoms with van der Waals surface area (Å²) >= 11 is 13.4. The largest absolute Gasteiger partial charge is 0.504 e. The van der Waals surface area contributed by atoms with Gasteiger partial charge in [-0.15, -0.1) is 11.3 Å². The highest BCUT2D eigenvalue weighted by atomic mass is 35.5. The molecule has 2 aromatic carbocycles. The van der Waals surface area contributed by atoms with Crippen LogP contribution in [0, 0.1) is 0 Å². The molecule has 8 heteroatoms. The van der Waals surface area contributed by atoms with Crippen molar-refractivity contribution in [3.8, 4) is 11.5 Å². The zero-order valence-electron chi connectivity index (χ0n) is 12.0. The van der Waals surface area contributed by atoms with Gasteiger partial charge in [0.25, 0.3) is 5.91 Å². The molecule has 0 saturated heterocycles. The molecular weight excluding hydrogens is 371 g/mol. The molecule has 0 aliphatic carbocycles. The number of nitrogens with zero attached hydrogens (tertiary/aromatic N) is 1. The van der Waals surface area contributed by atoms with E-state index in [1.165, 1.54) is 29.7 Å². The van der Waals surface area contributed by atoms with Crippen LogP contribution >= 0.6 is 34.5 Å². The fourth-order valence-corrected chi connectivity index (χ4v) is 3.70. The van der Waals surface area contributed by atoms with Crippen LogP contribution in [-0.2, 0) is 0 Å². The molecule has 122 valence electrons. The third-order valence-corrected chi connectivity index (χ3v) is 5.07. The number of fused-ring (bicyclic) bond motifs is 1. The van der Waals surface area contributed by atoms with Crippen molar-refractivity contribution >= 4 is 56.7 Å². The number of hydrogen-bond acceptors (Lipinski definition) is 5. The van der Waals surface area contributed by atoms with Gasteiger partial charge in [-0.3, -0.25) is 4.79 Å². The molecular formula is C16H10Cl2N2O3S. The predicted molar refractivity (Wildman–Crippen MR) is 96.7 cm³/mol. The maximum atomic E-state index is 12.2. The smallest absolute Gasteiger partial charge is 0.283 e. The molecule has 0 unspecified atom stereocenters. The first kappa shape index (κ1) is 16.6. The number of amides is 1. The number of hydrazone groups is 1. The third-order valence-electron chi connectivity index (χ3n) is 3.18. The van der Waals surface area contributed by atoms with E-state index in [1.807, 2.05) is 0 Å². The fraction of sp³-hybridized carbons (Fsp3) is 0. The van der Waals surface area contributed by atoms with Crippen molar-refractivity contribution in [2.45, 2.75) is 0 Å². The highest BCUT2D eigenvalue weighted by Gasteiger charge is 2.16. The van der Waals surface area contributed by atoms with E-state index in [2.05, 4.69) is 10.5 Å². The molecule has 3 rings (SSSR count). The summed E-state index contributed by atoms with van der Waals surface area (Å²) < 4.78 is 0.810. The van der Waals surface area contributed by atoms with Crippen molar-refractivity contribution in [3.63, 3.8) is 0 Å². The number of nitrogens with one attached hydrogen (secondary N) is 1. The Morgan fingerprint density at radius 1 is 1.12 bits per heavy atom. The van der Waals surface area contributed by atoms with Crippen molar-refractivity contribution in [3.05, 3.63) is 56.9 Å². The summed E-state index contributed by atoms with van der Waals surface area (Å²) in [4.78, 5) is 12.5. The summed E-state index contributed by atoms with van der Waals surface area (Å²) in [7, 11) is 0. The Kier molecular flexibility index (Phi) is 4.62. The van der Waals surface area contributed by atoms with Gasteiger partial charge in [0.05, 0.1) is 11.2 Å². The van der Waals surface area contributed by atoms with Gasteiger partial charge in [0, 0.05) is 15.1 Å². The van der Waals surface area contributed by atoms with Crippen molar-refractivity contribution in [2.24, 2.45) is 5.10 Å². The minimum Gasteiger partial charge on any atom is -0.504 e. The number of benzene rings is 2. The van der Waals surface area contributed by atoms with Crippen LogP contribution in [0.4, 0.5) is 0 Å². The van der Waals surface area contributed by atoms with Crippen LogP contribution in [0.1, 0.15) is 15.2 Å². The van der Waals surface area contributed by atoms with E-state index < -0.39 is 5.91 Å². The van der Waals surface area contributed by atoms with Gasteiger partial charge in [-0.1, -0.05) is 29.3 Å². The summed E-state index contributed by atoms with van der Waals surface area (Å²) in [6, 6.07) is 9.39. The number of carbonyl (C=O) groups excluding carboxylic acids is 1. The number of phenols is 2. The van der Waals surface area contributed by atoms with Gasteiger partial charge in [-0.25, -0.2) is 5.43 Å². The Labute approximate surface area is 150 Å². The zero-order valence-corrected chi connectivity index (χ0v) is 14.3. The van der Waals surface area contributed by atoms with Crippen LogP contribution in [0.5, 0.6) is 11.5 Å². The molecule has 0 fully saturated rings. The van der Waals surface area contributed by atoms with E-state index in [1.54, 1.807) is 24.3 Å². The molecule has 0 radical (unpaired) electrons. The lowest BCUT2D eigenvalue weighted by atomic mass is 10.2. The Morgan fingerprint density at radius 3 is 2.67 bits per heavy atom. The van der Waals surface area contributed by atoms with Crippen LogP contribution in [-0.4, -0.2) is 22.3 Å². The molecule has 5 nitrogen and oxygen atoms in total. The molecule has 0 atom stereocenters. The van der Waals surface area contributed by atoms with E-state index >= 15 is 0 Å². The monoisotopic (exact) mass is 380 g/mol. The molecule has 0 aliphatic heterocycles. The lowest BCUT2D eigenvalue weighted by molar-refractivity contribution is 0.0959. The van der Waals surface area contributed by atoms with Gasteiger partial charge in [0.2, 0.25) is 0 Å². The summed E-state index contributed by atoms with van der Waals surface area (Å²) in [5.74, 6) is -0.946. The maximum absolute atomic E-state index is 12.2. The Bertz CT molecular complexity index is 969. The molecule has 0 aliphatic rings. The van der Waals surface area contributed by atoms with Gasteiger partial charge < -0.3 is 10.2 Å². The first-order valence-corrected chi connectivity index (χ1v) is 8.26. The number of rotatable bonds is 3. The van der Waals surface area contributed by atoms with E-state index in [9.17, 15) is 15.0 Å². The molecule has 0 spiro atoms. The van der Waals surface area contributed by atoms with E-state index in [-0.39, 0.29) is 11.5 Å². The lowest BCUT2D eigenvalue weighted by Gasteiger charge is -1.99. The quantitative estimate of drug-likeness (QED) is 0.358. The number of thiophene rings is 1. The molecule has 24 heavy (non-hydrogen) atoms. The number of halogens is 2. The summed E-state index contributed by atoms with van der Waals surface area (Å²) in [6.07, 6.45) is 1.34.